The number of para-hydroxylation sites is 1. The molecule has 0 aliphatic rings. The van der Waals surface area contributed by atoms with Gasteiger partial charge in [-0.2, -0.15) is 0 Å². The van der Waals surface area contributed by atoms with E-state index in [0.717, 1.165) is 29.4 Å². The minimum absolute atomic E-state index is 0.776. The molecule has 0 saturated heterocycles. The summed E-state index contributed by atoms with van der Waals surface area (Å²) in [5.41, 5.74) is 1.08. The maximum atomic E-state index is 4.64. The van der Waals surface area contributed by atoms with Crippen molar-refractivity contribution in [2.75, 3.05) is 7.05 Å². The Labute approximate surface area is 109 Å². The first-order valence-electron chi connectivity index (χ1n) is 5.86. The molecule has 0 amide bonds. The second kappa shape index (κ2) is 4.88. The maximum absolute atomic E-state index is 4.64. The van der Waals surface area contributed by atoms with E-state index < -0.39 is 0 Å². The Hall–Kier alpha value is -1.72. The third kappa shape index (κ3) is 2.14. The molecular weight excluding hydrogens is 244 g/mol. The summed E-state index contributed by atoms with van der Waals surface area (Å²) in [7, 11) is 1.93. The third-order valence-corrected chi connectivity index (χ3v) is 3.80. The lowest BCUT2D eigenvalue weighted by Crippen LogP contribution is -2.12. The molecule has 1 aromatic carbocycles. The lowest BCUT2D eigenvalue weighted by atomic mass is 10.3. The van der Waals surface area contributed by atoms with Crippen LogP contribution in [-0.2, 0) is 13.1 Å². The average Bonchev–Trinajstić information content (AvgIpc) is 2.97. The minimum Gasteiger partial charge on any atom is -0.327 e. The predicted molar refractivity (Wildman–Crippen MR) is 73.7 cm³/mol. The number of imidazole rings is 1. The van der Waals surface area contributed by atoms with E-state index in [1.807, 2.05) is 31.6 Å². The Morgan fingerprint density at radius 2 is 2.22 bits per heavy atom. The normalized spacial score (nSPS) is 11.2. The van der Waals surface area contributed by atoms with Gasteiger partial charge in [-0.25, -0.2) is 9.97 Å². The van der Waals surface area contributed by atoms with Gasteiger partial charge in [0.05, 0.1) is 23.3 Å². The van der Waals surface area contributed by atoms with E-state index in [9.17, 15) is 0 Å². The Kier molecular flexibility index (Phi) is 3.08. The van der Waals surface area contributed by atoms with Crippen LogP contribution in [0.25, 0.3) is 10.2 Å². The topological polar surface area (TPSA) is 42.7 Å². The third-order valence-electron chi connectivity index (χ3n) is 2.78. The molecule has 0 unspecified atom stereocenters. The van der Waals surface area contributed by atoms with Crippen LogP contribution < -0.4 is 5.32 Å². The first-order valence-corrected chi connectivity index (χ1v) is 6.67. The van der Waals surface area contributed by atoms with Gasteiger partial charge in [-0.3, -0.25) is 0 Å². The number of rotatable bonds is 4. The van der Waals surface area contributed by atoms with Crippen LogP contribution >= 0.6 is 11.3 Å². The van der Waals surface area contributed by atoms with Crippen molar-refractivity contribution in [1.29, 1.82) is 0 Å². The van der Waals surface area contributed by atoms with Gasteiger partial charge in [-0.05, 0) is 19.2 Å². The summed E-state index contributed by atoms with van der Waals surface area (Å²) >= 11 is 1.74. The maximum Gasteiger partial charge on any atom is 0.123 e. The molecule has 0 aliphatic heterocycles. The molecule has 0 bridgehead atoms. The van der Waals surface area contributed by atoms with E-state index in [4.69, 9.17) is 0 Å². The molecule has 3 rings (SSSR count). The monoisotopic (exact) mass is 258 g/mol. The highest BCUT2D eigenvalue weighted by atomic mass is 32.1. The molecule has 0 spiro atoms. The van der Waals surface area contributed by atoms with Crippen molar-refractivity contribution >= 4 is 21.6 Å². The molecule has 18 heavy (non-hydrogen) atoms. The van der Waals surface area contributed by atoms with Crippen molar-refractivity contribution < 1.29 is 0 Å². The van der Waals surface area contributed by atoms with Gasteiger partial charge in [-0.15, -0.1) is 11.3 Å². The highest BCUT2D eigenvalue weighted by molar-refractivity contribution is 7.18. The van der Waals surface area contributed by atoms with E-state index in [2.05, 4.69) is 32.0 Å². The standard InChI is InChI=1S/C13H14N4S/c1-14-8-12-15-6-7-17(12)9-13-16-10-4-2-3-5-11(10)18-13/h2-7,14H,8-9H2,1H3. The zero-order valence-corrected chi connectivity index (χ0v) is 10.9. The lowest BCUT2D eigenvalue weighted by molar-refractivity contribution is 0.672. The van der Waals surface area contributed by atoms with E-state index in [1.165, 1.54) is 4.70 Å². The van der Waals surface area contributed by atoms with Crippen LogP contribution in [0.2, 0.25) is 0 Å². The summed E-state index contributed by atoms with van der Waals surface area (Å²) < 4.78 is 3.37. The molecule has 1 N–H and O–H groups in total. The summed E-state index contributed by atoms with van der Waals surface area (Å²) in [6.45, 7) is 1.56. The highest BCUT2D eigenvalue weighted by Crippen LogP contribution is 2.22. The molecule has 4 nitrogen and oxygen atoms in total. The first kappa shape index (κ1) is 11.4. The number of hydrogen-bond acceptors (Lipinski definition) is 4. The summed E-state index contributed by atoms with van der Waals surface area (Å²) in [6, 6.07) is 8.24. The van der Waals surface area contributed by atoms with E-state index in [0.29, 0.717) is 0 Å². The molecule has 0 aliphatic carbocycles. The number of nitrogens with zero attached hydrogens (tertiary/aromatic N) is 3. The molecule has 5 heteroatoms. The molecule has 2 aromatic heterocycles. The van der Waals surface area contributed by atoms with Gasteiger partial charge >= 0.3 is 0 Å². The Morgan fingerprint density at radius 3 is 3.06 bits per heavy atom. The van der Waals surface area contributed by atoms with Crippen molar-refractivity contribution in [3.8, 4) is 0 Å². The van der Waals surface area contributed by atoms with Crippen molar-refractivity contribution in [2.24, 2.45) is 0 Å². The van der Waals surface area contributed by atoms with Gasteiger partial charge in [0.2, 0.25) is 0 Å². The Morgan fingerprint density at radius 1 is 1.33 bits per heavy atom. The molecular formula is C13H14N4S. The zero-order valence-electron chi connectivity index (χ0n) is 10.1. The van der Waals surface area contributed by atoms with E-state index >= 15 is 0 Å². The molecule has 0 saturated carbocycles. The highest BCUT2D eigenvalue weighted by Gasteiger charge is 2.06. The molecule has 2 heterocycles. The fourth-order valence-corrected chi connectivity index (χ4v) is 2.91. The molecule has 3 aromatic rings. The van der Waals surface area contributed by atoms with Gasteiger partial charge in [-0.1, -0.05) is 12.1 Å². The largest absolute Gasteiger partial charge is 0.327 e. The summed E-state index contributed by atoms with van der Waals surface area (Å²) in [5.74, 6) is 1.04. The van der Waals surface area contributed by atoms with Gasteiger partial charge < -0.3 is 9.88 Å². The quantitative estimate of drug-likeness (QED) is 0.780. The fraction of sp³-hybridized carbons (Fsp3) is 0.231. The second-order valence-corrected chi connectivity index (χ2v) is 5.19. The molecule has 0 fully saturated rings. The Balaban J connectivity index is 1.89. The SMILES string of the molecule is CNCc1nccn1Cc1nc2ccccc2s1. The lowest BCUT2D eigenvalue weighted by Gasteiger charge is -2.04. The minimum atomic E-state index is 0.776. The van der Waals surface area contributed by atoms with Gasteiger partial charge in [0.1, 0.15) is 10.8 Å². The first-order chi connectivity index (χ1) is 8.86. The van der Waals surface area contributed by atoms with Crippen molar-refractivity contribution in [1.82, 2.24) is 19.9 Å². The van der Waals surface area contributed by atoms with Crippen LogP contribution in [0.15, 0.2) is 36.7 Å². The van der Waals surface area contributed by atoms with Crippen LogP contribution in [0.3, 0.4) is 0 Å². The van der Waals surface area contributed by atoms with Crippen LogP contribution in [0, 0.1) is 0 Å². The number of thiazole rings is 1. The van der Waals surface area contributed by atoms with Crippen LogP contribution in [0.1, 0.15) is 10.8 Å². The number of benzene rings is 1. The Bertz CT molecular complexity index is 623. The van der Waals surface area contributed by atoms with Gasteiger partial charge in [0.15, 0.2) is 0 Å². The predicted octanol–water partition coefficient (Wildman–Crippen LogP) is 2.26. The van der Waals surface area contributed by atoms with Crippen molar-refractivity contribution in [3.05, 3.63) is 47.5 Å². The smallest absolute Gasteiger partial charge is 0.123 e. The number of nitrogens with one attached hydrogen (secondary N) is 1. The second-order valence-electron chi connectivity index (χ2n) is 4.08. The average molecular weight is 258 g/mol. The van der Waals surface area contributed by atoms with Gasteiger partial charge in [0.25, 0.3) is 0 Å². The molecule has 0 radical (unpaired) electrons. The van der Waals surface area contributed by atoms with Crippen LogP contribution in [0.5, 0.6) is 0 Å². The summed E-state index contributed by atoms with van der Waals surface area (Å²) in [5, 5.41) is 4.24. The molecule has 92 valence electrons. The van der Waals surface area contributed by atoms with Crippen molar-refractivity contribution in [2.45, 2.75) is 13.1 Å². The number of fused-ring (bicyclic) bond motifs is 1. The van der Waals surface area contributed by atoms with Crippen LogP contribution in [-0.4, -0.2) is 21.6 Å². The number of hydrogen-bond donors (Lipinski definition) is 1. The summed E-state index contributed by atoms with van der Waals surface area (Å²) in [6.07, 6.45) is 3.83. The molecule has 0 atom stereocenters. The fourth-order valence-electron chi connectivity index (χ4n) is 1.94. The van der Waals surface area contributed by atoms with E-state index in [-0.39, 0.29) is 0 Å². The zero-order chi connectivity index (χ0) is 12.4. The summed E-state index contributed by atoms with van der Waals surface area (Å²) in [4.78, 5) is 8.97. The van der Waals surface area contributed by atoms with Gasteiger partial charge in [0, 0.05) is 12.4 Å². The van der Waals surface area contributed by atoms with Crippen molar-refractivity contribution in [3.63, 3.8) is 0 Å². The van der Waals surface area contributed by atoms with E-state index in [1.54, 1.807) is 11.3 Å². The number of aromatic nitrogens is 3. The van der Waals surface area contributed by atoms with Crippen LogP contribution in [0.4, 0.5) is 0 Å².